The van der Waals surface area contributed by atoms with Crippen LogP contribution >= 0.6 is 0 Å². The zero-order chi connectivity index (χ0) is 15.0. The highest BCUT2D eigenvalue weighted by Crippen LogP contribution is 2.28. The monoisotopic (exact) mass is 313 g/mol. The summed E-state index contributed by atoms with van der Waals surface area (Å²) in [4.78, 5) is 2.69. The van der Waals surface area contributed by atoms with Crippen molar-refractivity contribution in [2.24, 2.45) is 5.73 Å². The van der Waals surface area contributed by atoms with Gasteiger partial charge in [0.05, 0.1) is 6.54 Å². The van der Waals surface area contributed by atoms with Crippen molar-refractivity contribution >= 4 is 10.0 Å². The number of hydrogen-bond donors (Lipinski definition) is 1. The molecule has 0 saturated carbocycles. The van der Waals surface area contributed by atoms with Crippen LogP contribution in [0.1, 0.15) is 30.8 Å². The molecule has 0 aromatic carbocycles. The van der Waals surface area contributed by atoms with Gasteiger partial charge in [0.1, 0.15) is 16.4 Å². The van der Waals surface area contributed by atoms with Crippen LogP contribution in [0.4, 0.5) is 0 Å². The van der Waals surface area contributed by atoms with Gasteiger partial charge in [-0.3, -0.25) is 4.90 Å². The maximum atomic E-state index is 12.9. The predicted octanol–water partition coefficient (Wildman–Crippen LogP) is 0.906. The summed E-state index contributed by atoms with van der Waals surface area (Å²) in [5, 5.41) is 0. The first-order valence-corrected chi connectivity index (χ1v) is 9.00. The first-order chi connectivity index (χ1) is 10.0. The molecule has 0 radical (unpaired) electrons. The third-order valence-corrected chi connectivity index (χ3v) is 6.48. The lowest BCUT2D eigenvalue weighted by molar-refractivity contribution is 0.257. The lowest BCUT2D eigenvalue weighted by Crippen LogP contribution is -2.39. The zero-order valence-electron chi connectivity index (χ0n) is 12.4. The Morgan fingerprint density at radius 1 is 1.33 bits per heavy atom. The normalized spacial score (nSPS) is 25.0. The van der Waals surface area contributed by atoms with E-state index in [0.717, 1.165) is 25.9 Å². The summed E-state index contributed by atoms with van der Waals surface area (Å²) < 4.78 is 32.8. The minimum atomic E-state index is -3.49. The van der Waals surface area contributed by atoms with Gasteiger partial charge in [-0.25, -0.2) is 8.42 Å². The molecule has 3 heterocycles. The van der Waals surface area contributed by atoms with Gasteiger partial charge in [-0.1, -0.05) is 0 Å². The van der Waals surface area contributed by atoms with Crippen molar-refractivity contribution in [3.63, 3.8) is 0 Å². The van der Waals surface area contributed by atoms with Gasteiger partial charge in [-0.05, 0) is 39.3 Å². The molecule has 2 fully saturated rings. The van der Waals surface area contributed by atoms with Crippen LogP contribution in [0.5, 0.6) is 0 Å². The minimum absolute atomic E-state index is 0.215. The molecule has 2 saturated heterocycles. The van der Waals surface area contributed by atoms with Crippen LogP contribution in [-0.2, 0) is 16.6 Å². The van der Waals surface area contributed by atoms with Gasteiger partial charge in [0, 0.05) is 25.2 Å². The molecule has 0 aliphatic carbocycles. The van der Waals surface area contributed by atoms with E-state index in [1.807, 2.05) is 0 Å². The number of furan rings is 1. The highest BCUT2D eigenvalue weighted by molar-refractivity contribution is 7.89. The highest BCUT2D eigenvalue weighted by Gasteiger charge is 2.35. The summed E-state index contributed by atoms with van der Waals surface area (Å²) in [6.45, 7) is 5.16. The van der Waals surface area contributed by atoms with Crippen molar-refractivity contribution < 1.29 is 12.8 Å². The van der Waals surface area contributed by atoms with Gasteiger partial charge >= 0.3 is 0 Å². The summed E-state index contributed by atoms with van der Waals surface area (Å²) in [7, 11) is -3.49. The second-order valence-corrected chi connectivity index (χ2v) is 7.79. The minimum Gasteiger partial charge on any atom is -0.464 e. The van der Waals surface area contributed by atoms with Crippen LogP contribution in [-0.4, -0.2) is 49.8 Å². The number of hydrogen-bond acceptors (Lipinski definition) is 5. The van der Waals surface area contributed by atoms with E-state index in [4.69, 9.17) is 10.2 Å². The summed E-state index contributed by atoms with van der Waals surface area (Å²) >= 11 is 0. The Kier molecular flexibility index (Phi) is 4.09. The molecule has 7 heteroatoms. The van der Waals surface area contributed by atoms with Gasteiger partial charge in [0.2, 0.25) is 10.0 Å². The zero-order valence-corrected chi connectivity index (χ0v) is 13.2. The maximum absolute atomic E-state index is 12.9. The van der Waals surface area contributed by atoms with Crippen LogP contribution in [0.3, 0.4) is 0 Å². The van der Waals surface area contributed by atoms with E-state index in [9.17, 15) is 8.42 Å². The fraction of sp³-hybridized carbons (Fsp3) is 0.714. The smallest absolute Gasteiger partial charge is 0.246 e. The summed E-state index contributed by atoms with van der Waals surface area (Å²) in [5.41, 5.74) is 5.54. The average Bonchev–Trinajstić information content (AvgIpc) is 2.99. The Labute approximate surface area is 125 Å². The molecule has 118 valence electrons. The second kappa shape index (κ2) is 5.72. The van der Waals surface area contributed by atoms with E-state index in [2.05, 4.69) is 4.90 Å². The molecule has 6 nitrogen and oxygen atoms in total. The number of nitrogens with two attached hydrogens (primary N) is 1. The molecule has 2 aliphatic heterocycles. The summed E-state index contributed by atoms with van der Waals surface area (Å²) in [6, 6.07) is 1.94. The van der Waals surface area contributed by atoms with Crippen molar-refractivity contribution in [1.82, 2.24) is 9.21 Å². The molecule has 1 aromatic heterocycles. The van der Waals surface area contributed by atoms with Gasteiger partial charge in [-0.15, -0.1) is 0 Å². The van der Waals surface area contributed by atoms with E-state index in [1.165, 1.54) is 6.42 Å². The highest BCUT2D eigenvalue weighted by atomic mass is 32.2. The van der Waals surface area contributed by atoms with Crippen molar-refractivity contribution in [2.45, 2.75) is 43.7 Å². The van der Waals surface area contributed by atoms with Crippen molar-refractivity contribution in [3.8, 4) is 0 Å². The Bertz CT molecular complexity index is 611. The fourth-order valence-corrected chi connectivity index (χ4v) is 5.11. The standard InChI is InChI=1S/C14H23N3O3S/c1-11-14(8-13(9-15)20-11)21(18,19)17-7-3-6-16-5-2-4-12(16)10-17/h8,12H,2-7,9-10,15H2,1H3. The number of fused-ring (bicyclic) bond motifs is 1. The van der Waals surface area contributed by atoms with Crippen LogP contribution < -0.4 is 5.73 Å². The third kappa shape index (κ3) is 2.75. The molecule has 0 amide bonds. The van der Waals surface area contributed by atoms with E-state index in [1.54, 1.807) is 17.3 Å². The Morgan fingerprint density at radius 2 is 2.10 bits per heavy atom. The molecule has 21 heavy (non-hydrogen) atoms. The quantitative estimate of drug-likeness (QED) is 0.897. The molecule has 1 atom stereocenters. The maximum Gasteiger partial charge on any atom is 0.246 e. The number of rotatable bonds is 3. The van der Waals surface area contributed by atoms with Crippen LogP contribution in [0.25, 0.3) is 0 Å². The topological polar surface area (TPSA) is 79.8 Å². The van der Waals surface area contributed by atoms with Crippen molar-refractivity contribution in [1.29, 1.82) is 0 Å². The second-order valence-electron chi connectivity index (χ2n) is 5.89. The number of aryl methyl sites for hydroxylation is 1. The SMILES string of the molecule is Cc1oc(CN)cc1S(=O)(=O)N1CCCN2CCCC2C1. The first kappa shape index (κ1) is 15.0. The number of sulfonamides is 1. The van der Waals surface area contributed by atoms with E-state index in [0.29, 0.717) is 30.7 Å². The van der Waals surface area contributed by atoms with Crippen LogP contribution in [0.2, 0.25) is 0 Å². The summed E-state index contributed by atoms with van der Waals surface area (Å²) in [5.74, 6) is 0.950. The Hall–Kier alpha value is -0.890. The third-order valence-electron chi connectivity index (χ3n) is 4.51. The lowest BCUT2D eigenvalue weighted by Gasteiger charge is -2.24. The molecule has 0 spiro atoms. The first-order valence-electron chi connectivity index (χ1n) is 7.56. The fourth-order valence-electron chi connectivity index (χ4n) is 3.41. The van der Waals surface area contributed by atoms with Crippen LogP contribution in [0.15, 0.2) is 15.4 Å². The van der Waals surface area contributed by atoms with Crippen molar-refractivity contribution in [3.05, 3.63) is 17.6 Å². The Balaban J connectivity index is 1.88. The van der Waals surface area contributed by atoms with E-state index >= 15 is 0 Å². The molecule has 1 unspecified atom stereocenters. The van der Waals surface area contributed by atoms with Gasteiger partial charge in [-0.2, -0.15) is 4.31 Å². The van der Waals surface area contributed by atoms with Gasteiger partial charge in [0.25, 0.3) is 0 Å². The van der Waals surface area contributed by atoms with Crippen LogP contribution in [0, 0.1) is 6.92 Å². The van der Waals surface area contributed by atoms with E-state index < -0.39 is 10.0 Å². The Morgan fingerprint density at radius 3 is 2.81 bits per heavy atom. The molecule has 2 aliphatic rings. The largest absolute Gasteiger partial charge is 0.464 e. The molecule has 2 N–H and O–H groups in total. The summed E-state index contributed by atoms with van der Waals surface area (Å²) in [6.07, 6.45) is 3.14. The molecular weight excluding hydrogens is 290 g/mol. The van der Waals surface area contributed by atoms with Crippen molar-refractivity contribution in [2.75, 3.05) is 26.2 Å². The predicted molar refractivity (Wildman–Crippen MR) is 79.3 cm³/mol. The van der Waals surface area contributed by atoms with Gasteiger partial charge in [0.15, 0.2) is 0 Å². The molecule has 1 aromatic rings. The van der Waals surface area contributed by atoms with Gasteiger partial charge < -0.3 is 10.2 Å². The lowest BCUT2D eigenvalue weighted by atomic mass is 10.2. The molecular formula is C14H23N3O3S. The number of nitrogens with zero attached hydrogens (tertiary/aromatic N) is 2. The van der Waals surface area contributed by atoms with E-state index in [-0.39, 0.29) is 11.4 Å². The molecule has 3 rings (SSSR count). The molecule has 0 bridgehead atoms. The average molecular weight is 313 g/mol.